The minimum absolute atomic E-state index is 0.122. The minimum Gasteiger partial charge on any atom is -0.410 e. The molecular weight excluding hydrogens is 412 g/mol. The first-order valence-corrected chi connectivity index (χ1v) is 11.6. The van der Waals surface area contributed by atoms with E-state index in [4.69, 9.17) is 9.47 Å². The van der Waals surface area contributed by atoms with Gasteiger partial charge in [0.25, 0.3) is 0 Å². The van der Waals surface area contributed by atoms with Crippen molar-refractivity contribution < 1.29 is 19.1 Å². The molecule has 31 heavy (non-hydrogen) atoms. The van der Waals surface area contributed by atoms with Gasteiger partial charge in [-0.3, -0.25) is 4.90 Å². The second kappa shape index (κ2) is 11.1. The number of thioether (sulfide) groups is 1. The molecule has 0 saturated carbocycles. The van der Waals surface area contributed by atoms with Crippen molar-refractivity contribution in [3.63, 3.8) is 0 Å². The van der Waals surface area contributed by atoms with Crippen LogP contribution in [0.4, 0.5) is 15.3 Å². The first-order valence-electron chi connectivity index (χ1n) is 10.4. The third kappa shape index (κ3) is 5.73. The van der Waals surface area contributed by atoms with E-state index in [1.807, 2.05) is 38.3 Å². The molecule has 0 atom stereocenters. The molecule has 0 radical (unpaired) electrons. The topological polar surface area (TPSA) is 67.9 Å². The molecule has 2 aromatic carbocycles. The van der Waals surface area contributed by atoms with Crippen LogP contribution in [0.25, 0.3) is 0 Å². The maximum absolute atomic E-state index is 13.0. The van der Waals surface area contributed by atoms with Crippen LogP contribution in [0.5, 0.6) is 11.5 Å². The van der Waals surface area contributed by atoms with Crippen molar-refractivity contribution in [3.05, 3.63) is 47.0 Å². The van der Waals surface area contributed by atoms with Gasteiger partial charge in [-0.2, -0.15) is 0 Å². The second-order valence-electron chi connectivity index (χ2n) is 7.36. The lowest BCUT2D eigenvalue weighted by Crippen LogP contribution is -2.31. The lowest BCUT2D eigenvalue weighted by molar-refractivity contribution is 0.202. The molecule has 6 nitrogen and oxygen atoms in total. The SMILES string of the molecule is CCC(CC)c1c(OC(=O)NC)cccc1N(C)C(=O)Oc1cc(C)c(SC)c(C)c1. The molecule has 0 spiro atoms. The lowest BCUT2D eigenvalue weighted by Gasteiger charge is -2.26. The Morgan fingerprint density at radius 2 is 1.71 bits per heavy atom. The maximum Gasteiger partial charge on any atom is 0.419 e. The Kier molecular flexibility index (Phi) is 8.80. The molecule has 2 amide bonds. The maximum atomic E-state index is 13.0. The van der Waals surface area contributed by atoms with Gasteiger partial charge >= 0.3 is 12.2 Å². The molecule has 0 heterocycles. The van der Waals surface area contributed by atoms with Gasteiger partial charge in [0.1, 0.15) is 11.5 Å². The number of carbonyl (C=O) groups excluding carboxylic acids is 2. The van der Waals surface area contributed by atoms with E-state index in [1.165, 1.54) is 16.8 Å². The normalized spacial score (nSPS) is 10.7. The third-order valence-electron chi connectivity index (χ3n) is 5.32. The van der Waals surface area contributed by atoms with E-state index in [1.54, 1.807) is 30.9 Å². The zero-order valence-electron chi connectivity index (χ0n) is 19.4. The Hall–Kier alpha value is -2.67. The highest BCUT2D eigenvalue weighted by Gasteiger charge is 2.25. The van der Waals surface area contributed by atoms with Crippen molar-refractivity contribution in [1.82, 2.24) is 5.32 Å². The number of hydrogen-bond acceptors (Lipinski definition) is 5. The molecular formula is C24H32N2O4S. The highest BCUT2D eigenvalue weighted by Crippen LogP contribution is 2.39. The van der Waals surface area contributed by atoms with Crippen LogP contribution in [0.15, 0.2) is 35.2 Å². The second-order valence-corrected chi connectivity index (χ2v) is 8.18. The fourth-order valence-electron chi connectivity index (χ4n) is 3.73. The molecule has 0 aliphatic carbocycles. The number of nitrogens with zero attached hydrogens (tertiary/aromatic N) is 1. The summed E-state index contributed by atoms with van der Waals surface area (Å²) in [5.41, 5.74) is 3.61. The smallest absolute Gasteiger partial charge is 0.410 e. The minimum atomic E-state index is -0.547. The van der Waals surface area contributed by atoms with Crippen molar-refractivity contribution in [2.45, 2.75) is 51.3 Å². The molecule has 0 aliphatic rings. The van der Waals surface area contributed by atoms with E-state index in [-0.39, 0.29) is 5.92 Å². The Morgan fingerprint density at radius 3 is 2.23 bits per heavy atom. The Labute approximate surface area is 189 Å². The zero-order valence-corrected chi connectivity index (χ0v) is 20.2. The number of aryl methyl sites for hydroxylation is 2. The van der Waals surface area contributed by atoms with E-state index >= 15 is 0 Å². The van der Waals surface area contributed by atoms with Gasteiger partial charge in [-0.25, -0.2) is 9.59 Å². The summed E-state index contributed by atoms with van der Waals surface area (Å²) in [6.07, 6.45) is 2.67. The fourth-order valence-corrected chi connectivity index (χ4v) is 4.49. The summed E-state index contributed by atoms with van der Waals surface area (Å²) in [6, 6.07) is 9.11. The van der Waals surface area contributed by atoms with Gasteiger partial charge in [0.15, 0.2) is 0 Å². The van der Waals surface area contributed by atoms with Crippen LogP contribution in [0, 0.1) is 13.8 Å². The Balaban J connectivity index is 2.41. The van der Waals surface area contributed by atoms with E-state index in [0.717, 1.165) is 29.5 Å². The number of carbonyl (C=O) groups is 2. The predicted molar refractivity (Wildman–Crippen MR) is 127 cm³/mol. The summed E-state index contributed by atoms with van der Waals surface area (Å²) < 4.78 is 11.2. The average Bonchev–Trinajstić information content (AvgIpc) is 2.74. The summed E-state index contributed by atoms with van der Waals surface area (Å²) >= 11 is 1.67. The number of amides is 2. The summed E-state index contributed by atoms with van der Waals surface area (Å²) in [4.78, 5) is 27.5. The van der Waals surface area contributed by atoms with Gasteiger partial charge < -0.3 is 14.8 Å². The lowest BCUT2D eigenvalue weighted by atomic mass is 9.91. The fraction of sp³-hybridized carbons (Fsp3) is 0.417. The summed E-state index contributed by atoms with van der Waals surface area (Å²) in [7, 11) is 3.18. The molecule has 2 aromatic rings. The number of nitrogens with one attached hydrogen (secondary N) is 1. The van der Waals surface area contributed by atoms with Crippen LogP contribution in [0.2, 0.25) is 0 Å². The molecule has 7 heteroatoms. The van der Waals surface area contributed by atoms with Gasteiger partial charge in [-0.05, 0) is 74.3 Å². The summed E-state index contributed by atoms with van der Waals surface area (Å²) in [5.74, 6) is 1.07. The highest BCUT2D eigenvalue weighted by molar-refractivity contribution is 7.98. The average molecular weight is 445 g/mol. The van der Waals surface area contributed by atoms with Gasteiger partial charge in [-0.15, -0.1) is 11.8 Å². The molecule has 0 aliphatic heterocycles. The van der Waals surface area contributed by atoms with Gasteiger partial charge in [-0.1, -0.05) is 19.9 Å². The largest absolute Gasteiger partial charge is 0.419 e. The van der Waals surface area contributed by atoms with Crippen LogP contribution < -0.4 is 19.7 Å². The van der Waals surface area contributed by atoms with Crippen molar-refractivity contribution in [3.8, 4) is 11.5 Å². The zero-order chi connectivity index (χ0) is 23.1. The number of benzene rings is 2. The number of anilines is 1. The van der Waals surface area contributed by atoms with Gasteiger partial charge in [0, 0.05) is 24.6 Å². The van der Waals surface area contributed by atoms with Crippen molar-refractivity contribution in [2.24, 2.45) is 0 Å². The van der Waals surface area contributed by atoms with Crippen LogP contribution in [0.3, 0.4) is 0 Å². The molecule has 0 fully saturated rings. The van der Waals surface area contributed by atoms with E-state index in [9.17, 15) is 9.59 Å². The number of rotatable bonds is 7. The van der Waals surface area contributed by atoms with Crippen molar-refractivity contribution >= 4 is 29.6 Å². The van der Waals surface area contributed by atoms with E-state index in [2.05, 4.69) is 19.2 Å². The summed E-state index contributed by atoms with van der Waals surface area (Å²) in [5, 5.41) is 2.47. The molecule has 168 valence electrons. The first-order chi connectivity index (χ1) is 14.8. The summed E-state index contributed by atoms with van der Waals surface area (Å²) in [6.45, 7) is 8.16. The number of ether oxygens (including phenoxy) is 2. The highest BCUT2D eigenvalue weighted by atomic mass is 32.2. The standard InChI is InChI=1S/C24H32N2O4S/c1-8-17(9-2)21-19(11-10-12-20(21)30-23(27)25-5)26(6)24(28)29-18-13-15(3)22(31-7)16(4)14-18/h10-14,17H,8-9H2,1-7H3,(H,25,27). The molecule has 1 N–H and O–H groups in total. The monoisotopic (exact) mass is 444 g/mol. The van der Waals surface area contributed by atoms with Crippen LogP contribution >= 0.6 is 11.8 Å². The van der Waals surface area contributed by atoms with Crippen LogP contribution in [-0.4, -0.2) is 32.5 Å². The van der Waals surface area contributed by atoms with Crippen LogP contribution in [-0.2, 0) is 0 Å². The molecule has 0 unspecified atom stereocenters. The van der Waals surface area contributed by atoms with Gasteiger partial charge in [0.05, 0.1) is 5.69 Å². The van der Waals surface area contributed by atoms with Crippen molar-refractivity contribution in [2.75, 3.05) is 25.3 Å². The van der Waals surface area contributed by atoms with E-state index < -0.39 is 12.2 Å². The third-order valence-corrected chi connectivity index (χ3v) is 6.37. The number of hydrogen-bond donors (Lipinski definition) is 1. The molecule has 2 rings (SSSR count). The predicted octanol–water partition coefficient (Wildman–Crippen LogP) is 6.28. The molecule has 0 bridgehead atoms. The molecule has 0 saturated heterocycles. The van der Waals surface area contributed by atoms with Crippen LogP contribution in [0.1, 0.15) is 49.3 Å². The van der Waals surface area contributed by atoms with E-state index in [0.29, 0.717) is 17.2 Å². The Bertz CT molecular complexity index is 918. The Morgan fingerprint density at radius 1 is 1.10 bits per heavy atom. The van der Waals surface area contributed by atoms with Gasteiger partial charge in [0.2, 0.25) is 0 Å². The molecule has 0 aromatic heterocycles. The quantitative estimate of drug-likeness (QED) is 0.509. The van der Waals surface area contributed by atoms with Crippen molar-refractivity contribution in [1.29, 1.82) is 0 Å². The first kappa shape index (κ1) is 24.6.